The van der Waals surface area contributed by atoms with Crippen molar-refractivity contribution in [2.75, 3.05) is 0 Å². The Kier molecular flexibility index (Phi) is 7.98. The molecule has 1 aliphatic rings. The van der Waals surface area contributed by atoms with Crippen LogP contribution in [0.2, 0.25) is 0 Å². The molecule has 0 spiro atoms. The van der Waals surface area contributed by atoms with E-state index in [-0.39, 0.29) is 10.8 Å². The Morgan fingerprint density at radius 2 is 1.02 bits per heavy atom. The molecule has 3 heterocycles. The van der Waals surface area contributed by atoms with E-state index in [2.05, 4.69) is 178 Å². The predicted molar refractivity (Wildman–Crippen MR) is 256 cm³/mol. The molecule has 12 rings (SSSR count). The number of aromatic nitrogens is 4. The average Bonchev–Trinajstić information content (AvgIpc) is 3.86. The lowest BCUT2D eigenvalue weighted by atomic mass is 9.63. The first-order valence-corrected chi connectivity index (χ1v) is 21.6. The summed E-state index contributed by atoms with van der Waals surface area (Å²) in [5.74, 6) is 1.80. The van der Waals surface area contributed by atoms with Gasteiger partial charge in [-0.1, -0.05) is 143 Å². The molecule has 0 fully saturated rings. The molecule has 0 atom stereocenters. The van der Waals surface area contributed by atoms with Crippen molar-refractivity contribution < 1.29 is 4.42 Å². The molecule has 0 radical (unpaired) electrons. The summed E-state index contributed by atoms with van der Waals surface area (Å²) < 4.78 is 8.81. The van der Waals surface area contributed by atoms with Crippen molar-refractivity contribution >= 4 is 54.5 Å². The summed E-state index contributed by atoms with van der Waals surface area (Å²) in [5, 5.41) is 7.24. The van der Waals surface area contributed by atoms with E-state index in [0.717, 1.165) is 61.9 Å². The second-order valence-electron chi connectivity index (χ2n) is 18.3. The maximum atomic E-state index is 6.35. The number of hydrogen-bond acceptors (Lipinski definition) is 4. The third-order valence-corrected chi connectivity index (χ3v) is 13.5. The molecule has 0 amide bonds. The molecule has 0 saturated carbocycles. The van der Waals surface area contributed by atoms with Crippen LogP contribution in [0.25, 0.3) is 105 Å². The Morgan fingerprint density at radius 1 is 0.419 bits per heavy atom. The van der Waals surface area contributed by atoms with Crippen LogP contribution in [0.3, 0.4) is 0 Å². The number of hydrogen-bond donors (Lipinski definition) is 0. The molecule has 5 nitrogen and oxygen atoms in total. The zero-order valence-electron chi connectivity index (χ0n) is 35.3. The van der Waals surface area contributed by atoms with Gasteiger partial charge in [-0.05, 0) is 111 Å². The second-order valence-corrected chi connectivity index (χ2v) is 18.3. The Balaban J connectivity index is 1.08. The van der Waals surface area contributed by atoms with Crippen molar-refractivity contribution in [3.05, 3.63) is 181 Å². The highest BCUT2D eigenvalue weighted by molar-refractivity contribution is 6.21. The molecule has 0 N–H and O–H groups in total. The fourth-order valence-corrected chi connectivity index (χ4v) is 10.0. The van der Waals surface area contributed by atoms with Crippen molar-refractivity contribution in [2.45, 2.75) is 51.4 Å². The highest BCUT2D eigenvalue weighted by atomic mass is 16.3. The summed E-state index contributed by atoms with van der Waals surface area (Å²) in [5.41, 5.74) is 13.1. The molecule has 0 aliphatic heterocycles. The van der Waals surface area contributed by atoms with E-state index in [0.29, 0.717) is 17.5 Å². The maximum Gasteiger partial charge on any atom is 0.164 e. The van der Waals surface area contributed by atoms with Gasteiger partial charge in [0.05, 0.1) is 11.0 Å². The molecule has 0 unspecified atom stereocenters. The molecule has 0 saturated heterocycles. The number of furan rings is 1. The third-order valence-electron chi connectivity index (χ3n) is 13.5. The van der Waals surface area contributed by atoms with Crippen LogP contribution in [-0.4, -0.2) is 19.5 Å². The van der Waals surface area contributed by atoms with Crippen LogP contribution in [0.15, 0.2) is 174 Å². The summed E-state index contributed by atoms with van der Waals surface area (Å²) >= 11 is 0. The zero-order chi connectivity index (χ0) is 41.7. The second kappa shape index (κ2) is 13.6. The van der Waals surface area contributed by atoms with E-state index in [9.17, 15) is 0 Å². The van der Waals surface area contributed by atoms with Crippen molar-refractivity contribution in [1.29, 1.82) is 0 Å². The zero-order valence-corrected chi connectivity index (χ0v) is 35.3. The normalized spacial score (nSPS) is 14.6. The molecule has 3 aromatic heterocycles. The van der Waals surface area contributed by atoms with Gasteiger partial charge in [0.2, 0.25) is 0 Å². The Hall–Kier alpha value is -7.37. The predicted octanol–water partition coefficient (Wildman–Crippen LogP) is 15.0. The first-order chi connectivity index (χ1) is 30.2. The molecule has 5 heteroatoms. The van der Waals surface area contributed by atoms with Gasteiger partial charge in [0.25, 0.3) is 0 Å². The molecule has 62 heavy (non-hydrogen) atoms. The van der Waals surface area contributed by atoms with Gasteiger partial charge in [0, 0.05) is 43.9 Å². The summed E-state index contributed by atoms with van der Waals surface area (Å²) in [4.78, 5) is 15.7. The first-order valence-electron chi connectivity index (χ1n) is 21.6. The summed E-state index contributed by atoms with van der Waals surface area (Å²) in [6.07, 6.45) is 2.32. The summed E-state index contributed by atoms with van der Waals surface area (Å²) in [7, 11) is 0. The minimum absolute atomic E-state index is 0.0606. The number of benzene rings is 8. The van der Waals surface area contributed by atoms with Crippen molar-refractivity contribution in [2.24, 2.45) is 0 Å². The molecular weight excluding hydrogens is 757 g/mol. The maximum absolute atomic E-state index is 6.35. The smallest absolute Gasteiger partial charge is 0.164 e. The first kappa shape index (κ1) is 36.5. The van der Waals surface area contributed by atoms with Gasteiger partial charge in [-0.2, -0.15) is 0 Å². The van der Waals surface area contributed by atoms with E-state index >= 15 is 0 Å². The number of para-hydroxylation sites is 1. The lowest BCUT2D eigenvalue weighted by molar-refractivity contribution is 0.332. The van der Waals surface area contributed by atoms with E-state index in [1.165, 1.54) is 50.1 Å². The third kappa shape index (κ3) is 5.79. The van der Waals surface area contributed by atoms with Gasteiger partial charge in [0.15, 0.2) is 17.5 Å². The lowest BCUT2D eigenvalue weighted by Crippen LogP contribution is -2.33. The Morgan fingerprint density at radius 3 is 1.79 bits per heavy atom. The number of nitrogens with zero attached hydrogens (tertiary/aromatic N) is 4. The molecule has 1 aliphatic carbocycles. The minimum atomic E-state index is 0.0606. The van der Waals surface area contributed by atoms with Crippen LogP contribution in [0.1, 0.15) is 51.7 Å². The van der Waals surface area contributed by atoms with Crippen LogP contribution in [-0.2, 0) is 10.8 Å². The fourth-order valence-electron chi connectivity index (χ4n) is 10.0. The summed E-state index contributed by atoms with van der Waals surface area (Å²) in [6, 6.07) is 60.4. The van der Waals surface area contributed by atoms with Gasteiger partial charge < -0.3 is 8.98 Å². The molecule has 0 bridgehead atoms. The summed E-state index contributed by atoms with van der Waals surface area (Å²) in [6.45, 7) is 9.65. The number of fused-ring (bicyclic) bond motifs is 9. The topological polar surface area (TPSA) is 56.7 Å². The van der Waals surface area contributed by atoms with Crippen LogP contribution in [0, 0.1) is 0 Å². The fraction of sp³-hybridized carbons (Fsp3) is 0.140. The van der Waals surface area contributed by atoms with Crippen LogP contribution in [0.5, 0.6) is 0 Å². The molecule has 8 aromatic carbocycles. The monoisotopic (exact) mass is 800 g/mol. The van der Waals surface area contributed by atoms with Crippen LogP contribution in [0.4, 0.5) is 0 Å². The highest BCUT2D eigenvalue weighted by Gasteiger charge is 2.38. The molecule has 11 aromatic rings. The van der Waals surface area contributed by atoms with E-state index in [1.54, 1.807) is 0 Å². The molecular formula is C57H44N4O. The van der Waals surface area contributed by atoms with E-state index in [4.69, 9.17) is 19.4 Å². The Labute approximate surface area is 360 Å². The van der Waals surface area contributed by atoms with Gasteiger partial charge >= 0.3 is 0 Å². The van der Waals surface area contributed by atoms with Gasteiger partial charge in [-0.25, -0.2) is 15.0 Å². The number of rotatable bonds is 5. The molecule has 298 valence electrons. The standard InChI is InChI=1S/C57H44N4O/c1-56(2)28-29-57(3,4)47-34-49-45(33-46(47)56)52-42-21-9-8-16-36(42)25-27-48(52)61(49)41-20-13-19-39(31-41)54-58-53(38-18-12-17-37(30-38)35-14-6-5-7-15-35)59-55(60-54)40-24-26-44-43-22-10-11-23-50(43)62-51(44)32-40/h5-27,30-34H,28-29H2,1-4H3. The lowest BCUT2D eigenvalue weighted by Gasteiger charge is -2.42. The van der Waals surface area contributed by atoms with Crippen molar-refractivity contribution in [3.8, 4) is 51.0 Å². The van der Waals surface area contributed by atoms with Crippen molar-refractivity contribution in [1.82, 2.24) is 19.5 Å². The van der Waals surface area contributed by atoms with Gasteiger partial charge in [0.1, 0.15) is 11.2 Å². The van der Waals surface area contributed by atoms with Gasteiger partial charge in [-0.3, -0.25) is 0 Å². The van der Waals surface area contributed by atoms with Crippen LogP contribution < -0.4 is 0 Å². The van der Waals surface area contributed by atoms with Crippen LogP contribution >= 0.6 is 0 Å². The minimum Gasteiger partial charge on any atom is -0.456 e. The Bertz CT molecular complexity index is 3590. The quantitative estimate of drug-likeness (QED) is 0.174. The average molecular weight is 801 g/mol. The van der Waals surface area contributed by atoms with E-state index in [1.807, 2.05) is 24.3 Å². The van der Waals surface area contributed by atoms with Crippen molar-refractivity contribution in [3.63, 3.8) is 0 Å². The van der Waals surface area contributed by atoms with E-state index < -0.39 is 0 Å². The largest absolute Gasteiger partial charge is 0.456 e. The SMILES string of the molecule is CC1(C)CCC(C)(C)c2cc3c(cc21)c1c2ccccc2ccc1n3-c1cccc(-c2nc(-c3cccc(-c4ccccc4)c3)nc(-c3ccc4c(c3)oc3ccccc34)n2)c1. The highest BCUT2D eigenvalue weighted by Crippen LogP contribution is 2.49. The van der Waals surface area contributed by atoms with Gasteiger partial charge in [-0.15, -0.1) is 0 Å².